The lowest BCUT2D eigenvalue weighted by Gasteiger charge is -2.31. The van der Waals surface area contributed by atoms with E-state index in [4.69, 9.17) is 0 Å². The van der Waals surface area contributed by atoms with E-state index in [9.17, 15) is 18.3 Å². The Hall–Kier alpha value is -0.660. The lowest BCUT2D eigenvalue weighted by atomic mass is 9.96. The Kier molecular flexibility index (Phi) is 6.42. The zero-order valence-corrected chi connectivity index (χ0v) is 13.3. The second-order valence-corrected chi connectivity index (χ2v) is 7.87. The molecule has 0 aliphatic carbocycles. The van der Waals surface area contributed by atoms with Gasteiger partial charge in [0, 0.05) is 19.0 Å². The molecule has 0 bridgehead atoms. The number of carbonyl (C=O) groups is 1. The second-order valence-electron chi connectivity index (χ2n) is 5.62. The fourth-order valence-corrected chi connectivity index (χ4v) is 3.43. The van der Waals surface area contributed by atoms with E-state index in [0.717, 1.165) is 0 Å². The highest BCUT2D eigenvalue weighted by molar-refractivity contribution is 7.89. The van der Waals surface area contributed by atoms with Gasteiger partial charge < -0.3 is 10.4 Å². The van der Waals surface area contributed by atoms with Crippen LogP contribution in [0.4, 0.5) is 0 Å². The molecule has 1 unspecified atom stereocenters. The van der Waals surface area contributed by atoms with Crippen molar-refractivity contribution in [1.82, 2.24) is 9.62 Å². The number of aliphatic hydroxyl groups is 1. The third-order valence-corrected chi connectivity index (χ3v) is 5.79. The zero-order valence-electron chi connectivity index (χ0n) is 12.5. The van der Waals surface area contributed by atoms with Gasteiger partial charge >= 0.3 is 0 Å². The minimum absolute atomic E-state index is 0.0769. The summed E-state index contributed by atoms with van der Waals surface area (Å²) in [6, 6.07) is -0.236. The van der Waals surface area contributed by atoms with Crippen LogP contribution in [0.2, 0.25) is 0 Å². The van der Waals surface area contributed by atoms with E-state index >= 15 is 0 Å². The average Bonchev–Trinajstić information content (AvgIpc) is 2.44. The largest absolute Gasteiger partial charge is 0.394 e. The molecular weight excluding hydrogens is 280 g/mol. The quantitative estimate of drug-likeness (QED) is 0.733. The lowest BCUT2D eigenvalue weighted by molar-refractivity contribution is -0.127. The van der Waals surface area contributed by atoms with Gasteiger partial charge in [0.05, 0.1) is 18.4 Å². The smallest absolute Gasteiger partial charge is 0.223 e. The number of piperidine rings is 1. The standard InChI is InChI=1S/C13H26N2O4S/c1-4-20(18,19)15-7-5-11(6-8-15)13(17)14-12(9-16)10(2)3/h10-12,16H,4-9H2,1-3H3,(H,14,17). The first kappa shape index (κ1) is 17.4. The molecule has 7 heteroatoms. The average molecular weight is 306 g/mol. The molecule has 0 radical (unpaired) electrons. The van der Waals surface area contributed by atoms with Crippen molar-refractivity contribution >= 4 is 15.9 Å². The molecule has 20 heavy (non-hydrogen) atoms. The normalized spacial score (nSPS) is 20.1. The molecule has 2 N–H and O–H groups in total. The first-order chi connectivity index (χ1) is 9.31. The van der Waals surface area contributed by atoms with Gasteiger partial charge in [0.2, 0.25) is 15.9 Å². The van der Waals surface area contributed by atoms with Crippen molar-refractivity contribution in [3.05, 3.63) is 0 Å². The summed E-state index contributed by atoms with van der Waals surface area (Å²) in [5.41, 5.74) is 0. The molecule has 0 saturated carbocycles. The monoisotopic (exact) mass is 306 g/mol. The minimum Gasteiger partial charge on any atom is -0.394 e. The summed E-state index contributed by atoms with van der Waals surface area (Å²) in [6.07, 6.45) is 1.09. The van der Waals surface area contributed by atoms with Gasteiger partial charge in [-0.15, -0.1) is 0 Å². The maximum absolute atomic E-state index is 12.1. The van der Waals surface area contributed by atoms with E-state index in [0.29, 0.717) is 25.9 Å². The predicted octanol–water partition coefficient (Wildman–Crippen LogP) is 0.181. The van der Waals surface area contributed by atoms with Crippen molar-refractivity contribution in [1.29, 1.82) is 0 Å². The summed E-state index contributed by atoms with van der Waals surface area (Å²) >= 11 is 0. The molecular formula is C13H26N2O4S. The first-order valence-corrected chi connectivity index (χ1v) is 8.81. The van der Waals surface area contributed by atoms with Crippen molar-refractivity contribution in [3.63, 3.8) is 0 Å². The Morgan fingerprint density at radius 2 is 1.90 bits per heavy atom. The number of aliphatic hydroxyl groups excluding tert-OH is 1. The lowest BCUT2D eigenvalue weighted by Crippen LogP contribution is -2.47. The van der Waals surface area contributed by atoms with E-state index in [1.54, 1.807) is 6.92 Å². The van der Waals surface area contributed by atoms with Crippen LogP contribution >= 0.6 is 0 Å². The van der Waals surface area contributed by atoms with Gasteiger partial charge in [-0.25, -0.2) is 12.7 Å². The number of nitrogens with zero attached hydrogens (tertiary/aromatic N) is 1. The molecule has 0 aromatic carbocycles. The topological polar surface area (TPSA) is 86.7 Å². The van der Waals surface area contributed by atoms with E-state index in [-0.39, 0.29) is 36.1 Å². The summed E-state index contributed by atoms with van der Waals surface area (Å²) in [4.78, 5) is 12.1. The molecule has 1 amide bonds. The van der Waals surface area contributed by atoms with Crippen LogP contribution in [0, 0.1) is 11.8 Å². The number of hydrogen-bond donors (Lipinski definition) is 2. The van der Waals surface area contributed by atoms with E-state index in [1.165, 1.54) is 4.31 Å². The fraction of sp³-hybridized carbons (Fsp3) is 0.923. The summed E-state index contributed by atoms with van der Waals surface area (Å²) in [6.45, 7) is 6.24. The Labute approximate surface area is 121 Å². The van der Waals surface area contributed by atoms with Gasteiger partial charge in [-0.1, -0.05) is 13.8 Å². The highest BCUT2D eigenvalue weighted by atomic mass is 32.2. The molecule has 1 aliphatic rings. The predicted molar refractivity (Wildman–Crippen MR) is 77.6 cm³/mol. The van der Waals surface area contributed by atoms with Crippen molar-refractivity contribution in [2.75, 3.05) is 25.4 Å². The van der Waals surface area contributed by atoms with E-state index in [1.807, 2.05) is 13.8 Å². The number of hydrogen-bond acceptors (Lipinski definition) is 4. The summed E-state index contributed by atoms with van der Waals surface area (Å²) in [5.74, 6) is 0.0333. The highest BCUT2D eigenvalue weighted by Gasteiger charge is 2.31. The molecule has 6 nitrogen and oxygen atoms in total. The van der Waals surface area contributed by atoms with Crippen LogP contribution < -0.4 is 5.32 Å². The SMILES string of the molecule is CCS(=O)(=O)N1CCC(C(=O)NC(CO)C(C)C)CC1. The Morgan fingerprint density at radius 1 is 1.35 bits per heavy atom. The van der Waals surface area contributed by atoms with Crippen molar-refractivity contribution < 1.29 is 18.3 Å². The fourth-order valence-electron chi connectivity index (χ4n) is 2.30. The van der Waals surface area contributed by atoms with Gasteiger partial charge in [0.15, 0.2) is 0 Å². The summed E-state index contributed by atoms with van der Waals surface area (Å²) in [5, 5.41) is 12.1. The first-order valence-electron chi connectivity index (χ1n) is 7.20. The molecule has 1 rings (SSSR count). The minimum atomic E-state index is -3.15. The molecule has 1 saturated heterocycles. The molecule has 118 valence electrons. The van der Waals surface area contributed by atoms with E-state index in [2.05, 4.69) is 5.32 Å². The van der Waals surface area contributed by atoms with Gasteiger partial charge in [0.25, 0.3) is 0 Å². The van der Waals surface area contributed by atoms with Crippen molar-refractivity contribution in [2.24, 2.45) is 11.8 Å². The van der Waals surface area contributed by atoms with Crippen LogP contribution in [0.25, 0.3) is 0 Å². The van der Waals surface area contributed by atoms with Crippen LogP contribution in [0.15, 0.2) is 0 Å². The Bertz CT molecular complexity index is 414. The van der Waals surface area contributed by atoms with E-state index < -0.39 is 10.0 Å². The maximum atomic E-state index is 12.1. The van der Waals surface area contributed by atoms with Gasteiger partial charge in [-0.3, -0.25) is 4.79 Å². The Balaban J connectivity index is 2.51. The van der Waals surface area contributed by atoms with Crippen LogP contribution in [0.5, 0.6) is 0 Å². The van der Waals surface area contributed by atoms with Crippen LogP contribution in [-0.2, 0) is 14.8 Å². The molecule has 0 spiro atoms. The number of amides is 1. The summed E-state index contributed by atoms with van der Waals surface area (Å²) < 4.78 is 24.9. The van der Waals surface area contributed by atoms with Crippen molar-refractivity contribution in [3.8, 4) is 0 Å². The third kappa shape index (κ3) is 4.43. The number of carbonyl (C=O) groups excluding carboxylic acids is 1. The molecule has 1 atom stereocenters. The third-order valence-electron chi connectivity index (χ3n) is 3.91. The number of nitrogens with one attached hydrogen (secondary N) is 1. The molecule has 1 aliphatic heterocycles. The highest BCUT2D eigenvalue weighted by Crippen LogP contribution is 2.20. The second kappa shape index (κ2) is 7.38. The van der Waals surface area contributed by atoms with Crippen LogP contribution in [0.1, 0.15) is 33.6 Å². The van der Waals surface area contributed by atoms with Gasteiger partial charge in [0.1, 0.15) is 0 Å². The van der Waals surface area contributed by atoms with Gasteiger partial charge in [-0.2, -0.15) is 0 Å². The molecule has 0 aromatic rings. The summed E-state index contributed by atoms with van der Waals surface area (Å²) in [7, 11) is -3.15. The number of sulfonamides is 1. The van der Waals surface area contributed by atoms with Crippen molar-refractivity contribution in [2.45, 2.75) is 39.7 Å². The van der Waals surface area contributed by atoms with Gasteiger partial charge in [-0.05, 0) is 25.7 Å². The number of rotatable bonds is 6. The Morgan fingerprint density at radius 3 is 2.30 bits per heavy atom. The van der Waals surface area contributed by atoms with Crippen LogP contribution in [0.3, 0.4) is 0 Å². The molecule has 0 aromatic heterocycles. The van der Waals surface area contributed by atoms with Crippen LogP contribution in [-0.4, -0.2) is 55.2 Å². The maximum Gasteiger partial charge on any atom is 0.223 e. The molecule has 1 heterocycles. The zero-order chi connectivity index (χ0) is 15.3. The molecule has 1 fully saturated rings.